The van der Waals surface area contributed by atoms with Gasteiger partial charge in [-0.2, -0.15) is 5.10 Å². The molecule has 0 bridgehead atoms. The minimum Gasteiger partial charge on any atom is -0.337 e. The Balaban J connectivity index is 2.07. The number of amides is 1. The van der Waals surface area contributed by atoms with Gasteiger partial charge in [0.05, 0.1) is 0 Å². The maximum atomic E-state index is 12.2. The standard InChI is InChI=1S/C11H16BrN3O/c1-14-10(4-5-13-14)11(16)15-6-2-3-9(7-12)8-15/h4-5,9H,2-3,6-8H2,1H3. The quantitative estimate of drug-likeness (QED) is 0.776. The number of nitrogens with zero attached hydrogens (tertiary/aromatic N) is 3. The van der Waals surface area contributed by atoms with E-state index in [1.165, 1.54) is 6.42 Å². The minimum absolute atomic E-state index is 0.102. The molecule has 0 aliphatic carbocycles. The molecule has 4 nitrogen and oxygen atoms in total. The highest BCUT2D eigenvalue weighted by Gasteiger charge is 2.25. The van der Waals surface area contributed by atoms with E-state index in [4.69, 9.17) is 0 Å². The summed E-state index contributed by atoms with van der Waals surface area (Å²) < 4.78 is 1.64. The number of aromatic nitrogens is 2. The van der Waals surface area contributed by atoms with Crippen molar-refractivity contribution in [2.24, 2.45) is 13.0 Å². The third kappa shape index (κ3) is 2.29. The molecule has 2 rings (SSSR count). The first-order valence-electron chi connectivity index (χ1n) is 5.55. The Morgan fingerprint density at radius 1 is 1.69 bits per heavy atom. The Labute approximate surface area is 104 Å². The number of halogens is 1. The van der Waals surface area contributed by atoms with E-state index in [0.717, 1.165) is 24.8 Å². The van der Waals surface area contributed by atoms with E-state index in [9.17, 15) is 4.79 Å². The van der Waals surface area contributed by atoms with Crippen molar-refractivity contribution in [1.82, 2.24) is 14.7 Å². The number of carbonyl (C=O) groups excluding carboxylic acids is 1. The number of rotatable bonds is 2. The van der Waals surface area contributed by atoms with E-state index in [2.05, 4.69) is 21.0 Å². The maximum absolute atomic E-state index is 12.2. The summed E-state index contributed by atoms with van der Waals surface area (Å²) in [7, 11) is 1.80. The minimum atomic E-state index is 0.102. The maximum Gasteiger partial charge on any atom is 0.272 e. The fraction of sp³-hybridized carbons (Fsp3) is 0.636. The number of hydrogen-bond donors (Lipinski definition) is 0. The lowest BCUT2D eigenvalue weighted by Crippen LogP contribution is -2.41. The smallest absolute Gasteiger partial charge is 0.272 e. The zero-order valence-corrected chi connectivity index (χ0v) is 11.0. The first-order chi connectivity index (χ1) is 7.72. The number of likely N-dealkylation sites (tertiary alicyclic amines) is 1. The second kappa shape index (κ2) is 4.99. The van der Waals surface area contributed by atoms with Crippen LogP contribution in [0.15, 0.2) is 12.3 Å². The van der Waals surface area contributed by atoms with Crippen LogP contribution in [0.25, 0.3) is 0 Å². The molecule has 88 valence electrons. The molecule has 1 aromatic rings. The van der Waals surface area contributed by atoms with Gasteiger partial charge in [-0.25, -0.2) is 0 Å². The number of carbonyl (C=O) groups is 1. The fourth-order valence-corrected chi connectivity index (χ4v) is 2.65. The van der Waals surface area contributed by atoms with Crippen molar-refractivity contribution in [3.8, 4) is 0 Å². The number of alkyl halides is 1. The van der Waals surface area contributed by atoms with Crippen molar-refractivity contribution in [3.63, 3.8) is 0 Å². The molecule has 0 N–H and O–H groups in total. The van der Waals surface area contributed by atoms with Gasteiger partial charge in [-0.05, 0) is 24.8 Å². The molecule has 16 heavy (non-hydrogen) atoms. The summed E-state index contributed by atoms with van der Waals surface area (Å²) in [4.78, 5) is 14.1. The number of aryl methyl sites for hydroxylation is 1. The van der Waals surface area contributed by atoms with Gasteiger partial charge < -0.3 is 4.90 Å². The number of piperidine rings is 1. The first-order valence-corrected chi connectivity index (χ1v) is 6.67. The Morgan fingerprint density at radius 2 is 2.50 bits per heavy atom. The van der Waals surface area contributed by atoms with Gasteiger partial charge in [-0.1, -0.05) is 15.9 Å². The molecule has 0 radical (unpaired) electrons. The topological polar surface area (TPSA) is 38.1 Å². The summed E-state index contributed by atoms with van der Waals surface area (Å²) >= 11 is 3.50. The molecule has 1 fully saturated rings. The van der Waals surface area contributed by atoms with Gasteiger partial charge in [0.2, 0.25) is 0 Å². The third-order valence-corrected chi connectivity index (χ3v) is 3.98. The van der Waals surface area contributed by atoms with E-state index in [1.807, 2.05) is 4.90 Å². The fourth-order valence-electron chi connectivity index (χ4n) is 2.12. The molecule has 1 aliphatic rings. The Hall–Kier alpha value is -0.840. The highest BCUT2D eigenvalue weighted by atomic mass is 79.9. The molecule has 5 heteroatoms. The van der Waals surface area contributed by atoms with E-state index in [1.54, 1.807) is 24.0 Å². The van der Waals surface area contributed by atoms with Gasteiger partial charge in [0.15, 0.2) is 0 Å². The van der Waals surface area contributed by atoms with Crippen LogP contribution in [-0.2, 0) is 7.05 Å². The summed E-state index contributed by atoms with van der Waals surface area (Å²) in [5.41, 5.74) is 0.676. The molecule has 1 aromatic heterocycles. The summed E-state index contributed by atoms with van der Waals surface area (Å²) in [5, 5.41) is 5.01. The summed E-state index contributed by atoms with van der Waals surface area (Å²) in [6, 6.07) is 1.78. The zero-order valence-electron chi connectivity index (χ0n) is 9.40. The molecular weight excluding hydrogens is 270 g/mol. The highest BCUT2D eigenvalue weighted by molar-refractivity contribution is 9.09. The molecule has 2 heterocycles. The van der Waals surface area contributed by atoms with E-state index < -0.39 is 0 Å². The average Bonchev–Trinajstić information content (AvgIpc) is 2.74. The van der Waals surface area contributed by atoms with Crippen molar-refractivity contribution in [3.05, 3.63) is 18.0 Å². The van der Waals surface area contributed by atoms with E-state index in [-0.39, 0.29) is 5.91 Å². The van der Waals surface area contributed by atoms with Crippen molar-refractivity contribution in [2.75, 3.05) is 18.4 Å². The Bertz CT molecular complexity index is 377. The van der Waals surface area contributed by atoms with Crippen molar-refractivity contribution < 1.29 is 4.79 Å². The summed E-state index contributed by atoms with van der Waals surface area (Å²) in [6.07, 6.45) is 3.97. The van der Waals surface area contributed by atoms with Crippen LogP contribution in [0.3, 0.4) is 0 Å². The normalized spacial score (nSPS) is 21.1. The van der Waals surface area contributed by atoms with Crippen LogP contribution in [0.2, 0.25) is 0 Å². The average molecular weight is 286 g/mol. The summed E-state index contributed by atoms with van der Waals surface area (Å²) in [5.74, 6) is 0.691. The molecular formula is C11H16BrN3O. The lowest BCUT2D eigenvalue weighted by Gasteiger charge is -2.31. The van der Waals surface area contributed by atoms with Gasteiger partial charge in [-0.15, -0.1) is 0 Å². The Morgan fingerprint density at radius 3 is 3.12 bits per heavy atom. The molecule has 1 unspecified atom stereocenters. The largest absolute Gasteiger partial charge is 0.337 e. The van der Waals surface area contributed by atoms with Crippen LogP contribution < -0.4 is 0 Å². The Kier molecular flexibility index (Phi) is 3.63. The predicted octanol–water partition coefficient (Wildman–Crippen LogP) is 1.67. The molecule has 0 saturated carbocycles. The lowest BCUT2D eigenvalue weighted by atomic mass is 10.00. The second-order valence-corrected chi connectivity index (χ2v) is 4.90. The predicted molar refractivity (Wildman–Crippen MR) is 65.6 cm³/mol. The summed E-state index contributed by atoms with van der Waals surface area (Å²) in [6.45, 7) is 1.72. The van der Waals surface area contributed by atoms with Gasteiger partial charge in [0.25, 0.3) is 5.91 Å². The van der Waals surface area contributed by atoms with E-state index in [0.29, 0.717) is 11.6 Å². The highest BCUT2D eigenvalue weighted by Crippen LogP contribution is 2.19. The van der Waals surface area contributed by atoms with Crippen LogP contribution in [0.1, 0.15) is 23.3 Å². The van der Waals surface area contributed by atoms with Gasteiger partial charge in [0.1, 0.15) is 5.69 Å². The third-order valence-electron chi connectivity index (χ3n) is 3.06. The second-order valence-electron chi connectivity index (χ2n) is 4.25. The molecule has 1 aliphatic heterocycles. The van der Waals surface area contributed by atoms with Gasteiger partial charge in [0, 0.05) is 31.7 Å². The first kappa shape index (κ1) is 11.6. The van der Waals surface area contributed by atoms with Crippen LogP contribution in [-0.4, -0.2) is 39.0 Å². The van der Waals surface area contributed by atoms with Gasteiger partial charge in [-0.3, -0.25) is 9.48 Å². The number of hydrogen-bond acceptors (Lipinski definition) is 2. The van der Waals surface area contributed by atoms with Crippen molar-refractivity contribution >= 4 is 21.8 Å². The van der Waals surface area contributed by atoms with Crippen LogP contribution in [0, 0.1) is 5.92 Å². The lowest BCUT2D eigenvalue weighted by molar-refractivity contribution is 0.0675. The molecule has 1 saturated heterocycles. The van der Waals surface area contributed by atoms with Crippen LogP contribution in [0.5, 0.6) is 0 Å². The molecule has 1 atom stereocenters. The molecule has 1 amide bonds. The van der Waals surface area contributed by atoms with Crippen molar-refractivity contribution in [2.45, 2.75) is 12.8 Å². The van der Waals surface area contributed by atoms with Crippen LogP contribution >= 0.6 is 15.9 Å². The van der Waals surface area contributed by atoms with Gasteiger partial charge >= 0.3 is 0 Å². The van der Waals surface area contributed by atoms with Crippen LogP contribution in [0.4, 0.5) is 0 Å². The van der Waals surface area contributed by atoms with Crippen molar-refractivity contribution in [1.29, 1.82) is 0 Å². The van der Waals surface area contributed by atoms with E-state index >= 15 is 0 Å². The SMILES string of the molecule is Cn1nccc1C(=O)N1CCCC(CBr)C1. The zero-order chi connectivity index (χ0) is 11.5. The monoisotopic (exact) mass is 285 g/mol. The molecule has 0 spiro atoms. The molecule has 0 aromatic carbocycles.